The Hall–Kier alpha value is -0.860. The molecule has 1 radical (unpaired) electrons. The molecule has 0 aliphatic heterocycles. The molecule has 0 spiro atoms. The second kappa shape index (κ2) is 3.18. The second-order valence-electron chi connectivity index (χ2n) is 1.73. The van der Waals surface area contributed by atoms with E-state index in [1.807, 2.05) is 0 Å². The van der Waals surface area contributed by atoms with Crippen LogP contribution >= 0.6 is 0 Å². The van der Waals surface area contributed by atoms with Crippen LogP contribution in [0.5, 0.6) is 0 Å². The first kappa shape index (κ1) is 7.14. The van der Waals surface area contributed by atoms with E-state index in [4.69, 9.17) is 0 Å². The summed E-state index contributed by atoms with van der Waals surface area (Å²) >= 11 is 0. The number of imide groups is 1. The molecule has 0 aromatic heterocycles. The highest BCUT2D eigenvalue weighted by molar-refractivity contribution is 5.86. The fraction of sp³-hybridized carbons (Fsp3) is 0.600. The van der Waals surface area contributed by atoms with Gasteiger partial charge in [0.2, 0.25) is 6.41 Å². The summed E-state index contributed by atoms with van der Waals surface area (Å²) in [5.74, 6) is -0.528. The number of carbonyl (C=O) groups is 2. The zero-order chi connectivity index (χ0) is 6.57. The number of rotatable bonds is 2. The van der Waals surface area contributed by atoms with Crippen molar-refractivity contribution in [1.82, 2.24) is 5.32 Å². The van der Waals surface area contributed by atoms with Gasteiger partial charge in [0, 0.05) is 5.92 Å². The van der Waals surface area contributed by atoms with Gasteiger partial charge in [-0.05, 0) is 0 Å². The molecule has 0 bridgehead atoms. The van der Waals surface area contributed by atoms with Crippen molar-refractivity contribution in [2.75, 3.05) is 0 Å². The summed E-state index contributed by atoms with van der Waals surface area (Å²) in [4.78, 5) is 19.9. The van der Waals surface area contributed by atoms with Crippen molar-refractivity contribution < 1.29 is 9.59 Å². The lowest BCUT2D eigenvalue weighted by atomic mass is 10.2. The highest BCUT2D eigenvalue weighted by atomic mass is 16.2. The van der Waals surface area contributed by atoms with E-state index in [9.17, 15) is 9.59 Å². The standard InChI is InChI=1S/C5H8NO2/c1-4(2)5(8)6-3-7/h3-4H,1-2H3. The minimum Gasteiger partial charge on any atom is -0.276 e. The number of hydrogen-bond donors (Lipinski definition) is 0. The lowest BCUT2D eigenvalue weighted by Crippen LogP contribution is -2.18. The lowest BCUT2D eigenvalue weighted by molar-refractivity contribution is -0.128. The molecule has 3 nitrogen and oxygen atoms in total. The van der Waals surface area contributed by atoms with Crippen LogP contribution < -0.4 is 5.32 Å². The molecule has 0 unspecified atom stereocenters. The fourth-order valence-electron chi connectivity index (χ4n) is 0.201. The SMILES string of the molecule is CC(C)C(=O)[N]C=O. The molecule has 8 heavy (non-hydrogen) atoms. The van der Waals surface area contributed by atoms with Gasteiger partial charge in [-0.1, -0.05) is 13.8 Å². The zero-order valence-corrected chi connectivity index (χ0v) is 4.92. The maximum Gasteiger partial charge on any atom is 0.251 e. The molecule has 0 saturated carbocycles. The molecule has 0 aromatic carbocycles. The van der Waals surface area contributed by atoms with Gasteiger partial charge >= 0.3 is 0 Å². The third-order valence-corrected chi connectivity index (χ3v) is 0.674. The van der Waals surface area contributed by atoms with Gasteiger partial charge < -0.3 is 0 Å². The van der Waals surface area contributed by atoms with Gasteiger partial charge in [0.25, 0.3) is 5.91 Å². The van der Waals surface area contributed by atoms with E-state index in [1.165, 1.54) is 0 Å². The minimum absolute atomic E-state index is 0.166. The summed E-state index contributed by atoms with van der Waals surface area (Å²) in [6.45, 7) is 3.38. The molecule has 0 aliphatic carbocycles. The maximum absolute atomic E-state index is 10.3. The quantitative estimate of drug-likeness (QED) is 0.472. The van der Waals surface area contributed by atoms with Gasteiger partial charge in [0.15, 0.2) is 0 Å². The lowest BCUT2D eigenvalue weighted by Gasteiger charge is -1.94. The Balaban J connectivity index is 3.48. The first-order valence-electron chi connectivity index (χ1n) is 2.37. The molecular weight excluding hydrogens is 106 g/mol. The molecule has 2 amide bonds. The van der Waals surface area contributed by atoms with Crippen LogP contribution in [-0.2, 0) is 9.59 Å². The largest absolute Gasteiger partial charge is 0.276 e. The molecule has 0 rings (SSSR count). The Morgan fingerprint density at radius 1 is 1.62 bits per heavy atom. The molecule has 0 N–H and O–H groups in total. The van der Waals surface area contributed by atoms with Crippen molar-refractivity contribution >= 4 is 12.3 Å². The Morgan fingerprint density at radius 3 is 2.25 bits per heavy atom. The Labute approximate surface area is 48.1 Å². The Kier molecular flexibility index (Phi) is 2.84. The molecular formula is C5H8NO2. The van der Waals surface area contributed by atoms with Gasteiger partial charge in [0.05, 0.1) is 0 Å². The Morgan fingerprint density at radius 2 is 2.12 bits per heavy atom. The van der Waals surface area contributed by atoms with Crippen LogP contribution in [0, 0.1) is 5.92 Å². The monoisotopic (exact) mass is 114 g/mol. The third-order valence-electron chi connectivity index (χ3n) is 0.674. The summed E-state index contributed by atoms with van der Waals surface area (Å²) in [6.07, 6.45) is 0.266. The topological polar surface area (TPSA) is 48.2 Å². The van der Waals surface area contributed by atoms with Crippen LogP contribution in [0.1, 0.15) is 13.8 Å². The van der Waals surface area contributed by atoms with Gasteiger partial charge in [-0.3, -0.25) is 9.59 Å². The van der Waals surface area contributed by atoms with E-state index >= 15 is 0 Å². The molecule has 0 aliphatic rings. The molecule has 0 heterocycles. The highest BCUT2D eigenvalue weighted by Crippen LogP contribution is 1.88. The predicted octanol–water partition coefficient (Wildman–Crippen LogP) is -0.0702. The van der Waals surface area contributed by atoms with Crippen molar-refractivity contribution in [2.24, 2.45) is 5.92 Å². The van der Waals surface area contributed by atoms with Crippen LogP contribution in [0.15, 0.2) is 0 Å². The van der Waals surface area contributed by atoms with Crippen LogP contribution in [0.4, 0.5) is 0 Å². The van der Waals surface area contributed by atoms with Gasteiger partial charge in [-0.2, -0.15) is 5.32 Å². The second-order valence-corrected chi connectivity index (χ2v) is 1.73. The first-order chi connectivity index (χ1) is 3.68. The minimum atomic E-state index is -0.361. The van der Waals surface area contributed by atoms with Crippen LogP contribution in [0.25, 0.3) is 0 Å². The summed E-state index contributed by atoms with van der Waals surface area (Å²) in [5.41, 5.74) is 0. The number of carbonyl (C=O) groups excluding carboxylic acids is 2. The normalized spacial score (nSPS) is 8.88. The number of nitrogens with zero attached hydrogens (tertiary/aromatic N) is 1. The molecule has 3 heteroatoms. The Bertz CT molecular complexity index is 98.6. The molecule has 0 fully saturated rings. The van der Waals surface area contributed by atoms with Crippen molar-refractivity contribution in [3.05, 3.63) is 0 Å². The number of amides is 2. The predicted molar refractivity (Wildman–Crippen MR) is 28.0 cm³/mol. The molecule has 0 saturated heterocycles. The maximum atomic E-state index is 10.3. The summed E-state index contributed by atoms with van der Waals surface area (Å²) in [5, 5.41) is 3.00. The van der Waals surface area contributed by atoms with Crippen molar-refractivity contribution in [3.8, 4) is 0 Å². The van der Waals surface area contributed by atoms with Crippen molar-refractivity contribution in [3.63, 3.8) is 0 Å². The molecule has 0 aromatic rings. The van der Waals surface area contributed by atoms with Crippen LogP contribution in [-0.4, -0.2) is 12.3 Å². The van der Waals surface area contributed by atoms with E-state index in [0.29, 0.717) is 0 Å². The summed E-state index contributed by atoms with van der Waals surface area (Å²) in [7, 11) is 0. The highest BCUT2D eigenvalue weighted by Gasteiger charge is 2.05. The average molecular weight is 114 g/mol. The van der Waals surface area contributed by atoms with E-state index in [-0.39, 0.29) is 18.2 Å². The van der Waals surface area contributed by atoms with Crippen LogP contribution in [0.2, 0.25) is 0 Å². The average Bonchev–Trinajstić information content (AvgIpc) is 1.67. The van der Waals surface area contributed by atoms with Gasteiger partial charge in [0.1, 0.15) is 0 Å². The fourth-order valence-corrected chi connectivity index (χ4v) is 0.201. The number of hydrogen-bond acceptors (Lipinski definition) is 2. The van der Waals surface area contributed by atoms with E-state index in [2.05, 4.69) is 5.32 Å². The zero-order valence-electron chi connectivity index (χ0n) is 4.92. The van der Waals surface area contributed by atoms with E-state index in [1.54, 1.807) is 13.8 Å². The van der Waals surface area contributed by atoms with Gasteiger partial charge in [-0.25, -0.2) is 0 Å². The van der Waals surface area contributed by atoms with Crippen molar-refractivity contribution in [2.45, 2.75) is 13.8 Å². The smallest absolute Gasteiger partial charge is 0.251 e. The molecule has 45 valence electrons. The molecule has 0 atom stereocenters. The van der Waals surface area contributed by atoms with Crippen molar-refractivity contribution in [1.29, 1.82) is 0 Å². The van der Waals surface area contributed by atoms with E-state index in [0.717, 1.165) is 0 Å². The first-order valence-corrected chi connectivity index (χ1v) is 2.37. The van der Waals surface area contributed by atoms with E-state index < -0.39 is 0 Å². The summed E-state index contributed by atoms with van der Waals surface area (Å²) < 4.78 is 0. The van der Waals surface area contributed by atoms with Crippen LogP contribution in [0.3, 0.4) is 0 Å². The van der Waals surface area contributed by atoms with Gasteiger partial charge in [-0.15, -0.1) is 0 Å². The summed E-state index contributed by atoms with van der Waals surface area (Å²) in [6, 6.07) is 0. The third kappa shape index (κ3) is 2.34.